The van der Waals surface area contributed by atoms with Crippen LogP contribution in [0.5, 0.6) is 0 Å². The predicted molar refractivity (Wildman–Crippen MR) is 212 cm³/mol. The number of hydrogen-bond acceptors (Lipinski definition) is 10. The summed E-state index contributed by atoms with van der Waals surface area (Å²) in [6, 6.07) is 27.1. The Hall–Kier alpha value is -7.35. The smallest absolute Gasteiger partial charge is 0.407 e. The van der Waals surface area contributed by atoms with Gasteiger partial charge in [-0.05, 0) is 48.2 Å². The zero-order chi connectivity index (χ0) is 40.9. The Kier molecular flexibility index (Phi) is 11.3. The Balaban J connectivity index is 1.12. The summed E-state index contributed by atoms with van der Waals surface area (Å²) in [4.78, 5) is 88.4. The molecular formula is C44H39N5O9. The number of benzene rings is 4. The number of ether oxygens (including phenoxy) is 2. The fourth-order valence-corrected chi connectivity index (χ4v) is 6.95. The molecule has 0 bridgehead atoms. The summed E-state index contributed by atoms with van der Waals surface area (Å²) >= 11 is 0. The van der Waals surface area contributed by atoms with Crippen molar-refractivity contribution in [1.29, 1.82) is 0 Å². The van der Waals surface area contributed by atoms with Gasteiger partial charge >= 0.3 is 12.1 Å². The van der Waals surface area contributed by atoms with E-state index in [1.54, 1.807) is 81.6 Å². The Bertz CT molecular complexity index is 2520. The van der Waals surface area contributed by atoms with Crippen molar-refractivity contribution < 1.29 is 42.7 Å². The number of fused-ring (bicyclic) bond motifs is 2. The lowest BCUT2D eigenvalue weighted by Crippen LogP contribution is -2.37. The Labute approximate surface area is 332 Å². The summed E-state index contributed by atoms with van der Waals surface area (Å²) in [6.07, 6.45) is 0.380. The highest BCUT2D eigenvalue weighted by atomic mass is 16.5. The Morgan fingerprint density at radius 3 is 2.16 bits per heavy atom. The first-order valence-electron chi connectivity index (χ1n) is 18.7. The fourth-order valence-electron chi connectivity index (χ4n) is 6.95. The van der Waals surface area contributed by atoms with Gasteiger partial charge in [-0.3, -0.25) is 24.1 Å². The van der Waals surface area contributed by atoms with E-state index in [2.05, 4.69) is 20.6 Å². The minimum absolute atomic E-state index is 0.0235. The lowest BCUT2D eigenvalue weighted by atomic mass is 9.96. The van der Waals surface area contributed by atoms with Crippen molar-refractivity contribution in [2.24, 2.45) is 5.92 Å². The topological polar surface area (TPSA) is 190 Å². The molecule has 14 nitrogen and oxygen atoms in total. The van der Waals surface area contributed by atoms with Crippen molar-refractivity contribution in [3.05, 3.63) is 143 Å². The molecule has 294 valence electrons. The maximum Gasteiger partial charge on any atom is 0.407 e. The van der Waals surface area contributed by atoms with Crippen LogP contribution in [0, 0.1) is 5.92 Å². The van der Waals surface area contributed by atoms with E-state index < -0.39 is 42.2 Å². The highest BCUT2D eigenvalue weighted by molar-refractivity contribution is 6.21. The van der Waals surface area contributed by atoms with E-state index in [1.165, 1.54) is 0 Å². The number of aromatic amines is 1. The van der Waals surface area contributed by atoms with Crippen LogP contribution >= 0.6 is 0 Å². The summed E-state index contributed by atoms with van der Waals surface area (Å²) < 4.78 is 16.6. The molecule has 0 saturated heterocycles. The van der Waals surface area contributed by atoms with E-state index in [4.69, 9.17) is 13.9 Å². The van der Waals surface area contributed by atoms with Gasteiger partial charge < -0.3 is 29.5 Å². The summed E-state index contributed by atoms with van der Waals surface area (Å²) in [5.74, 6) is -3.41. The molecule has 4 amide bonds. The van der Waals surface area contributed by atoms with Gasteiger partial charge in [0.05, 0.1) is 30.7 Å². The number of aromatic nitrogens is 2. The van der Waals surface area contributed by atoms with Crippen molar-refractivity contribution in [3.63, 3.8) is 0 Å². The molecule has 0 fully saturated rings. The number of imide groups is 1. The van der Waals surface area contributed by atoms with Crippen LogP contribution in [-0.2, 0) is 27.3 Å². The molecule has 0 spiro atoms. The molecule has 0 aliphatic carbocycles. The zero-order valence-corrected chi connectivity index (χ0v) is 31.9. The maximum atomic E-state index is 13.8. The second-order valence-corrected chi connectivity index (χ2v) is 13.8. The average molecular weight is 782 g/mol. The molecule has 4 aromatic carbocycles. The molecule has 2 aromatic heterocycles. The average Bonchev–Trinajstić information content (AvgIpc) is 3.92. The van der Waals surface area contributed by atoms with Crippen molar-refractivity contribution in [2.45, 2.75) is 39.8 Å². The van der Waals surface area contributed by atoms with Gasteiger partial charge in [0.2, 0.25) is 11.8 Å². The third-order valence-corrected chi connectivity index (χ3v) is 9.60. The first-order chi connectivity index (χ1) is 28.0. The lowest BCUT2D eigenvalue weighted by molar-refractivity contribution is -0.115. The van der Waals surface area contributed by atoms with Crippen LogP contribution in [-0.4, -0.2) is 63.6 Å². The number of oxazole rings is 1. The normalized spacial score (nSPS) is 12.7. The number of rotatable bonds is 14. The van der Waals surface area contributed by atoms with Gasteiger partial charge in [-0.15, -0.1) is 0 Å². The van der Waals surface area contributed by atoms with Gasteiger partial charge in [-0.1, -0.05) is 86.6 Å². The van der Waals surface area contributed by atoms with Crippen molar-refractivity contribution >= 4 is 52.2 Å². The molecule has 14 heteroatoms. The van der Waals surface area contributed by atoms with Crippen molar-refractivity contribution in [2.75, 3.05) is 18.5 Å². The van der Waals surface area contributed by atoms with E-state index in [1.807, 2.05) is 42.5 Å². The number of anilines is 1. The first kappa shape index (κ1) is 38.9. The molecular weight excluding hydrogens is 743 g/mol. The van der Waals surface area contributed by atoms with Crippen LogP contribution < -0.4 is 10.6 Å². The second kappa shape index (κ2) is 16.8. The number of para-hydroxylation sites is 1. The maximum absolute atomic E-state index is 13.8. The number of ketones is 1. The number of Topliss-reactive ketones (excluding diaryl/α,β-unsaturated/α-hetero) is 1. The second-order valence-electron chi connectivity index (χ2n) is 13.8. The van der Waals surface area contributed by atoms with Crippen LogP contribution in [0.15, 0.2) is 108 Å². The van der Waals surface area contributed by atoms with Crippen LogP contribution in [0.4, 0.5) is 10.5 Å². The van der Waals surface area contributed by atoms with Crippen LogP contribution in [0.1, 0.15) is 85.6 Å². The third kappa shape index (κ3) is 7.85. The number of carbonyl (C=O) groups is 6. The van der Waals surface area contributed by atoms with E-state index in [-0.39, 0.29) is 59.9 Å². The molecule has 0 radical (unpaired) electrons. The molecule has 0 saturated carbocycles. The molecule has 1 atom stereocenters. The molecule has 7 rings (SSSR count). The summed E-state index contributed by atoms with van der Waals surface area (Å²) in [7, 11) is 0. The van der Waals surface area contributed by atoms with E-state index >= 15 is 0 Å². The minimum atomic E-state index is -0.994. The third-order valence-electron chi connectivity index (χ3n) is 9.60. The van der Waals surface area contributed by atoms with Crippen molar-refractivity contribution in [3.8, 4) is 11.1 Å². The quantitative estimate of drug-likeness (QED) is 0.0575. The number of carbonyl (C=O) groups excluding carboxylic acids is 6. The fraction of sp³-hybridized carbons (Fsp3) is 0.205. The van der Waals surface area contributed by atoms with Crippen LogP contribution in [0.2, 0.25) is 0 Å². The van der Waals surface area contributed by atoms with Gasteiger partial charge in [0.15, 0.2) is 11.5 Å². The van der Waals surface area contributed by atoms with Gasteiger partial charge in [-0.25, -0.2) is 14.6 Å². The molecule has 3 N–H and O–H groups in total. The van der Waals surface area contributed by atoms with Crippen LogP contribution in [0.3, 0.4) is 0 Å². The SMILES string of the molecule is CCOC(=O)c1nc([C@H](C(C)C)N2C(=O)c3ccccc3C2=O)oc1CC(=O)Nc1ccccc1-c1cccc2[nH]cc(C(=O)CNC(=O)OCc3ccccc3)c12. The Morgan fingerprint density at radius 2 is 1.47 bits per heavy atom. The van der Waals surface area contributed by atoms with E-state index in [9.17, 15) is 28.8 Å². The summed E-state index contributed by atoms with van der Waals surface area (Å²) in [6.45, 7) is 4.95. The van der Waals surface area contributed by atoms with Crippen molar-refractivity contribution in [1.82, 2.24) is 20.2 Å². The summed E-state index contributed by atoms with van der Waals surface area (Å²) in [5, 5.41) is 6.00. The van der Waals surface area contributed by atoms with Gasteiger partial charge in [-0.2, -0.15) is 0 Å². The zero-order valence-electron chi connectivity index (χ0n) is 31.9. The number of esters is 1. The monoisotopic (exact) mass is 781 g/mol. The predicted octanol–water partition coefficient (Wildman–Crippen LogP) is 7.28. The highest BCUT2D eigenvalue weighted by Crippen LogP contribution is 2.38. The van der Waals surface area contributed by atoms with Crippen LogP contribution in [0.25, 0.3) is 22.0 Å². The minimum Gasteiger partial charge on any atom is -0.461 e. The highest BCUT2D eigenvalue weighted by Gasteiger charge is 2.44. The number of alkyl carbamates (subject to hydrolysis) is 1. The number of amides is 4. The standard InChI is InChI=1S/C44H39N5O9/c1-4-56-43(54)38-35(58-40(48-38)39(25(2)3)49-41(52)29-16-8-9-17-30(29)42(49)53)21-36(51)47-32-19-11-10-15-27(32)28-18-12-20-33-37(28)31(22-45-33)34(50)23-46-44(55)57-24-26-13-6-5-7-14-26/h5-20,22,25,39,45H,4,21,23-24H2,1-3H3,(H,46,55)(H,47,51)/t39-/m0/s1. The largest absolute Gasteiger partial charge is 0.461 e. The molecule has 1 aliphatic rings. The first-order valence-corrected chi connectivity index (χ1v) is 18.7. The van der Waals surface area contributed by atoms with E-state index in [0.717, 1.165) is 10.5 Å². The molecule has 3 heterocycles. The lowest BCUT2D eigenvalue weighted by Gasteiger charge is -2.26. The Morgan fingerprint density at radius 1 is 0.810 bits per heavy atom. The number of nitrogens with one attached hydrogen (secondary N) is 3. The molecule has 58 heavy (non-hydrogen) atoms. The van der Waals surface area contributed by atoms with Gasteiger partial charge in [0, 0.05) is 33.9 Å². The van der Waals surface area contributed by atoms with E-state index in [0.29, 0.717) is 33.3 Å². The summed E-state index contributed by atoms with van der Waals surface area (Å²) in [5.41, 5.74) is 3.62. The number of H-pyrrole nitrogens is 1. The molecule has 0 unspecified atom stereocenters. The number of nitrogens with zero attached hydrogens (tertiary/aromatic N) is 2. The molecule has 1 aliphatic heterocycles. The molecule has 6 aromatic rings. The number of hydrogen-bond donors (Lipinski definition) is 3. The van der Waals surface area contributed by atoms with Gasteiger partial charge in [0.25, 0.3) is 11.8 Å². The van der Waals surface area contributed by atoms with Gasteiger partial charge in [0.1, 0.15) is 18.4 Å².